The van der Waals surface area contributed by atoms with Gasteiger partial charge >= 0.3 is 5.97 Å². The van der Waals surface area contributed by atoms with Crippen molar-refractivity contribution < 1.29 is 9.90 Å². The van der Waals surface area contributed by atoms with E-state index >= 15 is 0 Å². The molecule has 0 aromatic heterocycles. The van der Waals surface area contributed by atoms with Gasteiger partial charge in [-0.25, -0.2) is 0 Å². The van der Waals surface area contributed by atoms with E-state index in [2.05, 4.69) is 41.1 Å². The first-order chi connectivity index (χ1) is 9.15. The van der Waals surface area contributed by atoms with E-state index < -0.39 is 5.97 Å². The predicted octanol–water partition coefficient (Wildman–Crippen LogP) is 1.85. The van der Waals surface area contributed by atoms with Gasteiger partial charge in [-0.2, -0.15) is 0 Å². The molecule has 1 fully saturated rings. The molecule has 1 N–H and O–H groups in total. The highest BCUT2D eigenvalue weighted by molar-refractivity contribution is 5.66. The Hall–Kier alpha value is -1.55. The normalized spacial score (nSPS) is 16.6. The van der Waals surface area contributed by atoms with E-state index in [1.807, 2.05) is 0 Å². The highest BCUT2D eigenvalue weighted by atomic mass is 16.4. The number of benzene rings is 1. The molecule has 0 saturated carbocycles. The summed E-state index contributed by atoms with van der Waals surface area (Å²) in [5, 5.41) is 8.62. The van der Waals surface area contributed by atoms with Crippen LogP contribution in [-0.4, -0.2) is 49.2 Å². The number of piperazine rings is 1. The summed E-state index contributed by atoms with van der Waals surface area (Å²) in [5.74, 6) is -0.714. The molecule has 4 heteroatoms. The smallest absolute Gasteiger partial charge is 0.303 e. The van der Waals surface area contributed by atoms with E-state index in [4.69, 9.17) is 5.11 Å². The Balaban J connectivity index is 1.85. The van der Waals surface area contributed by atoms with E-state index in [1.165, 1.54) is 11.3 Å². The molecule has 0 aliphatic carbocycles. The fourth-order valence-corrected chi connectivity index (χ4v) is 2.38. The first-order valence-electron chi connectivity index (χ1n) is 6.89. The summed E-state index contributed by atoms with van der Waals surface area (Å²) in [5.41, 5.74) is 2.49. The summed E-state index contributed by atoms with van der Waals surface area (Å²) in [6.45, 7) is 4.38. The highest BCUT2D eigenvalue weighted by Crippen LogP contribution is 2.17. The summed E-state index contributed by atoms with van der Waals surface area (Å²) in [6, 6.07) is 8.55. The quantitative estimate of drug-likeness (QED) is 0.879. The zero-order chi connectivity index (χ0) is 13.7. The topological polar surface area (TPSA) is 43.8 Å². The molecule has 1 aliphatic rings. The van der Waals surface area contributed by atoms with E-state index in [0.29, 0.717) is 6.42 Å². The largest absolute Gasteiger partial charge is 0.481 e. The Morgan fingerprint density at radius 3 is 2.37 bits per heavy atom. The van der Waals surface area contributed by atoms with Gasteiger partial charge in [-0.3, -0.25) is 4.79 Å². The van der Waals surface area contributed by atoms with Gasteiger partial charge in [0.1, 0.15) is 0 Å². The Morgan fingerprint density at radius 1 is 1.16 bits per heavy atom. The maximum absolute atomic E-state index is 10.5. The molecule has 104 valence electrons. The molecule has 0 bridgehead atoms. The van der Waals surface area contributed by atoms with E-state index in [-0.39, 0.29) is 6.42 Å². The van der Waals surface area contributed by atoms with E-state index in [1.54, 1.807) is 0 Å². The number of carbonyl (C=O) groups is 1. The first kappa shape index (κ1) is 13.9. The van der Waals surface area contributed by atoms with E-state index in [0.717, 1.165) is 32.6 Å². The number of carboxylic acids is 1. The number of nitrogens with zero attached hydrogens (tertiary/aromatic N) is 2. The van der Waals surface area contributed by atoms with Gasteiger partial charge in [-0.1, -0.05) is 12.1 Å². The molecule has 19 heavy (non-hydrogen) atoms. The number of aryl methyl sites for hydroxylation is 1. The van der Waals surface area contributed by atoms with Crippen LogP contribution < -0.4 is 4.90 Å². The maximum atomic E-state index is 10.5. The molecule has 1 saturated heterocycles. The average molecular weight is 262 g/mol. The molecule has 1 aromatic rings. The fourth-order valence-electron chi connectivity index (χ4n) is 2.38. The summed E-state index contributed by atoms with van der Waals surface area (Å²) in [6.07, 6.45) is 1.80. The van der Waals surface area contributed by atoms with Crippen molar-refractivity contribution in [2.75, 3.05) is 38.1 Å². The SMILES string of the molecule is CN1CCN(c2ccc(CCCC(=O)O)cc2)CC1. The number of hydrogen-bond acceptors (Lipinski definition) is 3. The van der Waals surface area contributed by atoms with Gasteiger partial charge in [-0.05, 0) is 37.6 Å². The van der Waals surface area contributed by atoms with Crippen LogP contribution in [0.15, 0.2) is 24.3 Å². The summed E-state index contributed by atoms with van der Waals surface area (Å²) in [7, 11) is 2.16. The minimum atomic E-state index is -0.714. The molecule has 2 rings (SSSR count). The molecule has 1 aromatic carbocycles. The molecule has 4 nitrogen and oxygen atoms in total. The molecule has 1 aliphatic heterocycles. The Morgan fingerprint density at radius 2 is 1.79 bits per heavy atom. The van der Waals surface area contributed by atoms with Crippen LogP contribution in [0, 0.1) is 0 Å². The van der Waals surface area contributed by atoms with Gasteiger partial charge in [0, 0.05) is 38.3 Å². The minimum Gasteiger partial charge on any atom is -0.481 e. The third-order valence-electron chi connectivity index (χ3n) is 3.66. The van der Waals surface area contributed by atoms with E-state index in [9.17, 15) is 4.79 Å². The van der Waals surface area contributed by atoms with Crippen molar-refractivity contribution in [3.05, 3.63) is 29.8 Å². The Kier molecular flexibility index (Phi) is 4.80. The third kappa shape index (κ3) is 4.24. The van der Waals surface area contributed by atoms with Crippen LogP contribution in [0.4, 0.5) is 5.69 Å². The lowest BCUT2D eigenvalue weighted by molar-refractivity contribution is -0.137. The average Bonchev–Trinajstić information content (AvgIpc) is 2.40. The second-order valence-electron chi connectivity index (χ2n) is 5.20. The standard InChI is InChI=1S/C15H22N2O2/c1-16-9-11-17(12-10-16)14-7-5-13(6-8-14)3-2-4-15(18)19/h5-8H,2-4,9-12H2,1H3,(H,18,19). The van der Waals surface area contributed by atoms with Crippen molar-refractivity contribution in [2.45, 2.75) is 19.3 Å². The van der Waals surface area contributed by atoms with Crippen LogP contribution in [0.5, 0.6) is 0 Å². The van der Waals surface area contributed by atoms with Crippen LogP contribution in [0.2, 0.25) is 0 Å². The Labute approximate surface area is 114 Å². The van der Waals surface area contributed by atoms with Gasteiger partial charge in [0.2, 0.25) is 0 Å². The van der Waals surface area contributed by atoms with Crippen molar-refractivity contribution >= 4 is 11.7 Å². The highest BCUT2D eigenvalue weighted by Gasteiger charge is 2.13. The summed E-state index contributed by atoms with van der Waals surface area (Å²) >= 11 is 0. The van der Waals surface area contributed by atoms with Crippen molar-refractivity contribution in [3.63, 3.8) is 0 Å². The van der Waals surface area contributed by atoms with Gasteiger partial charge in [0.15, 0.2) is 0 Å². The molecule has 0 unspecified atom stereocenters. The number of carboxylic acid groups (broad SMARTS) is 1. The first-order valence-corrected chi connectivity index (χ1v) is 6.89. The lowest BCUT2D eigenvalue weighted by Gasteiger charge is -2.34. The second-order valence-corrected chi connectivity index (χ2v) is 5.20. The number of likely N-dealkylation sites (N-methyl/N-ethyl adjacent to an activating group) is 1. The monoisotopic (exact) mass is 262 g/mol. The molecule has 0 radical (unpaired) electrons. The number of hydrogen-bond donors (Lipinski definition) is 1. The van der Waals surface area contributed by atoms with Crippen LogP contribution in [0.3, 0.4) is 0 Å². The lowest BCUT2D eigenvalue weighted by atomic mass is 10.1. The number of aliphatic carboxylic acids is 1. The van der Waals surface area contributed by atoms with Crippen LogP contribution >= 0.6 is 0 Å². The number of anilines is 1. The van der Waals surface area contributed by atoms with Crippen LogP contribution in [0.25, 0.3) is 0 Å². The molecule has 0 atom stereocenters. The number of rotatable bonds is 5. The Bertz CT molecular complexity index is 409. The van der Waals surface area contributed by atoms with Gasteiger partial charge < -0.3 is 14.9 Å². The van der Waals surface area contributed by atoms with Gasteiger partial charge in [0.05, 0.1) is 0 Å². The van der Waals surface area contributed by atoms with Crippen LogP contribution in [0.1, 0.15) is 18.4 Å². The van der Waals surface area contributed by atoms with Crippen LogP contribution in [-0.2, 0) is 11.2 Å². The van der Waals surface area contributed by atoms with Crippen molar-refractivity contribution in [1.29, 1.82) is 0 Å². The third-order valence-corrected chi connectivity index (χ3v) is 3.66. The fraction of sp³-hybridized carbons (Fsp3) is 0.533. The van der Waals surface area contributed by atoms with Gasteiger partial charge in [-0.15, -0.1) is 0 Å². The van der Waals surface area contributed by atoms with Crippen molar-refractivity contribution in [2.24, 2.45) is 0 Å². The second kappa shape index (κ2) is 6.57. The van der Waals surface area contributed by atoms with Crippen molar-refractivity contribution in [1.82, 2.24) is 4.90 Å². The molecular weight excluding hydrogens is 240 g/mol. The predicted molar refractivity (Wildman–Crippen MR) is 76.7 cm³/mol. The molecule has 1 heterocycles. The maximum Gasteiger partial charge on any atom is 0.303 e. The van der Waals surface area contributed by atoms with Crippen molar-refractivity contribution in [3.8, 4) is 0 Å². The molecule has 0 amide bonds. The van der Waals surface area contributed by atoms with Gasteiger partial charge in [0.25, 0.3) is 0 Å². The molecular formula is C15H22N2O2. The lowest BCUT2D eigenvalue weighted by Crippen LogP contribution is -2.44. The minimum absolute atomic E-state index is 0.250. The summed E-state index contributed by atoms with van der Waals surface area (Å²) < 4.78 is 0. The molecule has 0 spiro atoms. The summed E-state index contributed by atoms with van der Waals surface area (Å²) in [4.78, 5) is 15.2. The zero-order valence-electron chi connectivity index (χ0n) is 11.5. The zero-order valence-corrected chi connectivity index (χ0v) is 11.5.